The molecular formula is C41H26N4. The van der Waals surface area contributed by atoms with E-state index in [1.165, 1.54) is 0 Å². The Labute approximate surface area is 259 Å². The van der Waals surface area contributed by atoms with E-state index in [1.807, 2.05) is 30.3 Å². The van der Waals surface area contributed by atoms with Crippen molar-refractivity contribution < 1.29 is 0 Å². The van der Waals surface area contributed by atoms with Gasteiger partial charge in [-0.25, -0.2) is 15.0 Å². The van der Waals surface area contributed by atoms with Crippen LogP contribution in [-0.4, -0.2) is 19.4 Å². The molecule has 0 aliphatic rings. The second kappa shape index (κ2) is 10.2. The largest absolute Gasteiger partial charge is 0.306 e. The van der Waals surface area contributed by atoms with Gasteiger partial charge in [-0.2, -0.15) is 0 Å². The number of aromatic nitrogens is 4. The van der Waals surface area contributed by atoms with E-state index in [4.69, 9.17) is 15.0 Å². The van der Waals surface area contributed by atoms with Gasteiger partial charge in [0.2, 0.25) is 0 Å². The number of hydrogen-bond donors (Lipinski definition) is 0. The van der Waals surface area contributed by atoms with Crippen LogP contribution < -0.4 is 0 Å². The van der Waals surface area contributed by atoms with Crippen molar-refractivity contribution in [2.24, 2.45) is 0 Å². The van der Waals surface area contributed by atoms with Gasteiger partial charge >= 0.3 is 0 Å². The average Bonchev–Trinajstić information content (AvgIpc) is 3.55. The lowest BCUT2D eigenvalue weighted by molar-refractivity contribution is 1.19. The zero-order valence-corrected chi connectivity index (χ0v) is 24.3. The van der Waals surface area contributed by atoms with Gasteiger partial charge in [0.1, 0.15) is 5.65 Å². The van der Waals surface area contributed by atoms with E-state index in [2.05, 4.69) is 132 Å². The molecule has 0 aliphatic carbocycles. The summed E-state index contributed by atoms with van der Waals surface area (Å²) in [5, 5.41) is 4.43. The molecule has 9 rings (SSSR count). The fraction of sp³-hybridized carbons (Fsp3) is 0. The summed E-state index contributed by atoms with van der Waals surface area (Å²) in [6.45, 7) is 0. The molecule has 0 saturated heterocycles. The lowest BCUT2D eigenvalue weighted by Crippen LogP contribution is -1.94. The second-order valence-corrected chi connectivity index (χ2v) is 11.4. The molecule has 45 heavy (non-hydrogen) atoms. The molecule has 0 atom stereocenters. The van der Waals surface area contributed by atoms with Crippen LogP contribution in [-0.2, 0) is 0 Å². The molecule has 0 saturated carbocycles. The number of nitrogens with zero attached hydrogens (tertiary/aromatic N) is 4. The minimum atomic E-state index is 0.920. The van der Waals surface area contributed by atoms with Crippen LogP contribution in [0.3, 0.4) is 0 Å². The van der Waals surface area contributed by atoms with Crippen molar-refractivity contribution in [3.05, 3.63) is 158 Å². The first-order valence-corrected chi connectivity index (χ1v) is 15.1. The van der Waals surface area contributed by atoms with Crippen LogP contribution in [0, 0.1) is 0 Å². The highest BCUT2D eigenvalue weighted by Crippen LogP contribution is 2.38. The Morgan fingerprint density at radius 2 is 1.07 bits per heavy atom. The zero-order chi connectivity index (χ0) is 29.7. The van der Waals surface area contributed by atoms with E-state index in [0.717, 1.165) is 83.1 Å². The molecule has 0 aliphatic heterocycles. The maximum absolute atomic E-state index is 5.36. The number of hydrogen-bond acceptors (Lipinski definition) is 3. The number of fused-ring (bicyclic) bond motifs is 6. The van der Waals surface area contributed by atoms with E-state index < -0.39 is 0 Å². The van der Waals surface area contributed by atoms with Crippen molar-refractivity contribution in [2.75, 3.05) is 0 Å². The van der Waals surface area contributed by atoms with E-state index in [1.54, 1.807) is 0 Å². The Morgan fingerprint density at radius 3 is 1.82 bits per heavy atom. The summed E-state index contributed by atoms with van der Waals surface area (Å²) < 4.78 is 2.10. The van der Waals surface area contributed by atoms with Gasteiger partial charge < -0.3 is 4.40 Å². The topological polar surface area (TPSA) is 43.1 Å². The predicted molar refractivity (Wildman–Crippen MR) is 185 cm³/mol. The third-order valence-electron chi connectivity index (χ3n) is 8.59. The van der Waals surface area contributed by atoms with Crippen LogP contribution in [0.25, 0.3) is 83.1 Å². The number of pyridine rings is 3. The third kappa shape index (κ3) is 4.35. The molecule has 0 amide bonds. The average molecular weight is 575 g/mol. The first kappa shape index (κ1) is 25.4. The number of rotatable bonds is 4. The van der Waals surface area contributed by atoms with E-state index >= 15 is 0 Å². The third-order valence-corrected chi connectivity index (χ3v) is 8.59. The zero-order valence-electron chi connectivity index (χ0n) is 24.3. The normalized spacial score (nSPS) is 11.6. The lowest BCUT2D eigenvalue weighted by atomic mass is 9.95. The molecule has 9 aromatic rings. The number of benzene rings is 5. The summed E-state index contributed by atoms with van der Waals surface area (Å²) in [6, 6.07) is 50.6. The van der Waals surface area contributed by atoms with Crippen LogP contribution in [0.2, 0.25) is 0 Å². The molecule has 0 N–H and O–H groups in total. The summed E-state index contributed by atoms with van der Waals surface area (Å²) in [6.07, 6.45) is 4.24. The summed E-state index contributed by atoms with van der Waals surface area (Å²) in [5.41, 5.74) is 11.2. The molecule has 4 heterocycles. The van der Waals surface area contributed by atoms with Crippen molar-refractivity contribution in [3.8, 4) is 44.9 Å². The molecule has 5 aromatic carbocycles. The molecule has 4 aromatic heterocycles. The van der Waals surface area contributed by atoms with E-state index in [9.17, 15) is 0 Å². The fourth-order valence-electron chi connectivity index (χ4n) is 6.35. The maximum atomic E-state index is 5.36. The van der Waals surface area contributed by atoms with Gasteiger partial charge in [-0.15, -0.1) is 0 Å². The molecule has 0 radical (unpaired) electrons. The van der Waals surface area contributed by atoms with Crippen molar-refractivity contribution in [1.29, 1.82) is 0 Å². The number of imidazole rings is 1. The van der Waals surface area contributed by atoms with Gasteiger partial charge in [-0.05, 0) is 40.8 Å². The van der Waals surface area contributed by atoms with E-state index in [0.29, 0.717) is 0 Å². The van der Waals surface area contributed by atoms with Crippen LogP contribution in [0.1, 0.15) is 0 Å². The summed E-state index contributed by atoms with van der Waals surface area (Å²) in [4.78, 5) is 15.4. The van der Waals surface area contributed by atoms with Gasteiger partial charge in [0.05, 0.1) is 28.1 Å². The fourth-order valence-corrected chi connectivity index (χ4v) is 6.35. The smallest absolute Gasteiger partial charge is 0.137 e. The molecule has 4 heteroatoms. The maximum Gasteiger partial charge on any atom is 0.137 e. The van der Waals surface area contributed by atoms with Crippen molar-refractivity contribution in [2.45, 2.75) is 0 Å². The Balaban J connectivity index is 1.25. The Hall–Kier alpha value is -6.13. The van der Waals surface area contributed by atoms with Gasteiger partial charge in [0.25, 0.3) is 0 Å². The van der Waals surface area contributed by atoms with Crippen LogP contribution in [0.15, 0.2) is 158 Å². The highest BCUT2D eigenvalue weighted by molar-refractivity contribution is 6.20. The van der Waals surface area contributed by atoms with Crippen molar-refractivity contribution in [3.63, 3.8) is 0 Å². The monoisotopic (exact) mass is 574 g/mol. The van der Waals surface area contributed by atoms with Gasteiger partial charge in [-0.3, -0.25) is 0 Å². The SMILES string of the molecule is c1ccc(-c2ccc3ccc4c5ccc(-c6ccc7nc(-c8ccccc8)cn7c6)cc5nc(-c5ccccc5)c4c3n2)cc1. The van der Waals surface area contributed by atoms with Gasteiger partial charge in [0.15, 0.2) is 0 Å². The highest BCUT2D eigenvalue weighted by Gasteiger charge is 2.16. The minimum Gasteiger partial charge on any atom is -0.306 e. The molecular weight excluding hydrogens is 548 g/mol. The molecule has 0 bridgehead atoms. The Morgan fingerprint density at radius 1 is 0.422 bits per heavy atom. The first-order valence-electron chi connectivity index (χ1n) is 15.1. The van der Waals surface area contributed by atoms with Gasteiger partial charge in [0, 0.05) is 45.2 Å². The van der Waals surface area contributed by atoms with Gasteiger partial charge in [-0.1, -0.05) is 121 Å². The van der Waals surface area contributed by atoms with E-state index in [-0.39, 0.29) is 0 Å². The van der Waals surface area contributed by atoms with Crippen molar-refractivity contribution in [1.82, 2.24) is 19.4 Å². The first-order chi connectivity index (χ1) is 22.3. The highest BCUT2D eigenvalue weighted by atomic mass is 15.0. The standard InChI is InChI=1S/C41H26N4/c1-4-10-27(11-5-1)35-22-18-30-16-21-34-33-20-17-31(24-36(33)44-40(39(34)41(30)43-35)29-14-8-3-9-15-29)32-19-23-38-42-37(26-45(38)25-32)28-12-6-2-7-13-28/h1-26H. The van der Waals surface area contributed by atoms with Crippen LogP contribution >= 0.6 is 0 Å². The molecule has 0 spiro atoms. The predicted octanol–water partition coefficient (Wildman–Crippen LogP) is 10.3. The summed E-state index contributed by atoms with van der Waals surface area (Å²) in [7, 11) is 0. The molecule has 210 valence electrons. The lowest BCUT2D eigenvalue weighted by Gasteiger charge is -2.14. The Bertz CT molecular complexity index is 2520. The molecule has 4 nitrogen and oxygen atoms in total. The molecule has 0 unspecified atom stereocenters. The minimum absolute atomic E-state index is 0.920. The van der Waals surface area contributed by atoms with Crippen LogP contribution in [0.5, 0.6) is 0 Å². The Kier molecular flexibility index (Phi) is 5.78. The summed E-state index contributed by atoms with van der Waals surface area (Å²) >= 11 is 0. The molecule has 0 fully saturated rings. The van der Waals surface area contributed by atoms with Crippen LogP contribution in [0.4, 0.5) is 0 Å². The van der Waals surface area contributed by atoms with Crippen molar-refractivity contribution >= 4 is 38.2 Å². The second-order valence-electron chi connectivity index (χ2n) is 11.4. The quantitative estimate of drug-likeness (QED) is 0.196. The summed E-state index contributed by atoms with van der Waals surface area (Å²) in [5.74, 6) is 0.